The Kier molecular flexibility index (Phi) is 8.39. The van der Waals surface area contributed by atoms with Gasteiger partial charge in [0, 0.05) is 11.5 Å². The maximum atomic E-state index is 13.3. The number of benzene rings is 1. The van der Waals surface area contributed by atoms with Crippen LogP contribution in [-0.4, -0.2) is 88.9 Å². The van der Waals surface area contributed by atoms with Gasteiger partial charge in [0.05, 0.1) is 0 Å². The number of aliphatic carboxylic acids is 1. The zero-order chi connectivity index (χ0) is 29.2. The molecule has 1 saturated heterocycles. The Bertz CT molecular complexity index is 1370. The van der Waals surface area contributed by atoms with E-state index in [0.29, 0.717) is 11.1 Å². The number of fused-ring (bicyclic) bond motifs is 1. The van der Waals surface area contributed by atoms with E-state index in [1.54, 1.807) is 51.1 Å². The maximum absolute atomic E-state index is 13.3. The highest BCUT2D eigenvalue weighted by Crippen LogP contribution is 2.41. The molecule has 3 heterocycles. The zero-order valence-electron chi connectivity index (χ0n) is 21.5. The van der Waals surface area contributed by atoms with Crippen molar-refractivity contribution in [3.05, 3.63) is 52.9 Å². The fraction of sp³-hybridized carbons (Fsp3) is 0.375. The van der Waals surface area contributed by atoms with Gasteiger partial charge in [0.2, 0.25) is 11.6 Å². The summed E-state index contributed by atoms with van der Waals surface area (Å²) in [4.78, 5) is 63.4. The minimum absolute atomic E-state index is 0.0604. The van der Waals surface area contributed by atoms with Gasteiger partial charge in [-0.3, -0.25) is 14.5 Å². The SMILES string of the molecule is CC(C)(C)OC(=O)N[C@@H](C(=O)NC1C(=O)N2C(C(=O)O)=C(CSc3n[nH]nc3C(=O)O)CS[C@H]12)c1ccccc1. The number of amides is 3. The minimum atomic E-state index is -1.33. The Balaban J connectivity index is 1.49. The molecule has 0 bridgehead atoms. The van der Waals surface area contributed by atoms with E-state index in [1.165, 1.54) is 11.8 Å². The summed E-state index contributed by atoms with van der Waals surface area (Å²) in [5, 5.41) is 33.3. The fourth-order valence-electron chi connectivity index (χ4n) is 4.02. The number of carboxylic acids is 2. The Morgan fingerprint density at radius 3 is 2.50 bits per heavy atom. The molecular weight excluding hydrogens is 564 g/mol. The molecule has 0 spiro atoms. The zero-order valence-corrected chi connectivity index (χ0v) is 23.2. The van der Waals surface area contributed by atoms with Gasteiger partial charge in [0.15, 0.2) is 5.03 Å². The Labute approximate surface area is 236 Å². The van der Waals surface area contributed by atoms with Crippen LogP contribution in [-0.2, 0) is 19.1 Å². The third kappa shape index (κ3) is 6.22. The second-order valence-corrected chi connectivity index (χ2v) is 11.8. The monoisotopic (exact) mass is 590 g/mol. The van der Waals surface area contributed by atoms with Crippen LogP contribution in [0.15, 0.2) is 46.6 Å². The van der Waals surface area contributed by atoms with Crippen molar-refractivity contribution in [3.8, 4) is 0 Å². The third-order valence-corrected chi connectivity index (χ3v) is 8.10. The molecule has 1 fully saturated rings. The number of rotatable bonds is 9. The lowest BCUT2D eigenvalue weighted by Gasteiger charge is -2.49. The number of carbonyl (C=O) groups excluding carboxylic acids is 3. The number of alkyl carbamates (subject to hydrolysis) is 1. The fourth-order valence-corrected chi connectivity index (χ4v) is 6.42. The second-order valence-electron chi connectivity index (χ2n) is 9.71. The van der Waals surface area contributed by atoms with E-state index in [9.17, 15) is 34.2 Å². The van der Waals surface area contributed by atoms with Gasteiger partial charge in [0.1, 0.15) is 28.8 Å². The van der Waals surface area contributed by atoms with Crippen LogP contribution in [0.5, 0.6) is 0 Å². The molecule has 16 heteroatoms. The molecule has 5 N–H and O–H groups in total. The van der Waals surface area contributed by atoms with Gasteiger partial charge in [-0.15, -0.1) is 22.0 Å². The number of ether oxygens (including phenoxy) is 1. The molecule has 2 aliphatic rings. The lowest BCUT2D eigenvalue weighted by atomic mass is 10.0. The highest BCUT2D eigenvalue weighted by molar-refractivity contribution is 8.01. The summed E-state index contributed by atoms with van der Waals surface area (Å²) in [5.41, 5.74) is -0.461. The molecule has 40 heavy (non-hydrogen) atoms. The Hall–Kier alpha value is -4.05. The summed E-state index contributed by atoms with van der Waals surface area (Å²) < 4.78 is 5.29. The van der Waals surface area contributed by atoms with Crippen LogP contribution in [0.4, 0.5) is 4.79 Å². The van der Waals surface area contributed by atoms with Gasteiger partial charge < -0.3 is 25.6 Å². The molecule has 212 valence electrons. The van der Waals surface area contributed by atoms with E-state index < -0.39 is 52.9 Å². The molecule has 2 aliphatic heterocycles. The average Bonchev–Trinajstić information content (AvgIpc) is 3.37. The number of aromatic carboxylic acids is 1. The normalized spacial score (nSPS) is 19.3. The first kappa shape index (κ1) is 28.9. The molecular formula is C24H26N6O8S2. The smallest absolute Gasteiger partial charge is 0.408 e. The van der Waals surface area contributed by atoms with Gasteiger partial charge in [-0.05, 0) is 31.9 Å². The molecule has 4 rings (SSSR count). The van der Waals surface area contributed by atoms with E-state index >= 15 is 0 Å². The molecule has 3 amide bonds. The molecule has 14 nitrogen and oxygen atoms in total. The second kappa shape index (κ2) is 11.6. The predicted molar refractivity (Wildman–Crippen MR) is 142 cm³/mol. The van der Waals surface area contributed by atoms with Crippen molar-refractivity contribution in [3.63, 3.8) is 0 Å². The van der Waals surface area contributed by atoms with Gasteiger partial charge in [-0.25, -0.2) is 14.4 Å². The lowest BCUT2D eigenvalue weighted by molar-refractivity contribution is -0.151. The summed E-state index contributed by atoms with van der Waals surface area (Å²) in [5.74, 6) is -3.62. The summed E-state index contributed by atoms with van der Waals surface area (Å²) in [6.45, 7) is 5.05. The number of hydrogen-bond donors (Lipinski definition) is 5. The van der Waals surface area contributed by atoms with Gasteiger partial charge in [-0.2, -0.15) is 5.21 Å². The standard InChI is InChI=1S/C24H26N6O8S2/c1-24(2,3)38-23(37)26-13(11-7-5-4-6-8-11)17(31)25-15-19(32)30-16(22(35)36)12(10-40-20(15)30)9-39-18-14(21(33)34)27-29-28-18/h4-8,13,15,20H,9-10H2,1-3H3,(H,25,31)(H,26,37)(H,33,34)(H,35,36)(H,27,28,29)/t13-,15?,20-/m1/s1. The largest absolute Gasteiger partial charge is 0.477 e. The molecule has 2 aromatic rings. The van der Waals surface area contributed by atoms with Gasteiger partial charge in [0.25, 0.3) is 5.91 Å². The van der Waals surface area contributed by atoms with Crippen molar-refractivity contribution in [1.82, 2.24) is 30.9 Å². The molecule has 1 aromatic carbocycles. The molecule has 0 aliphatic carbocycles. The number of carboxylic acid groups (broad SMARTS) is 2. The highest BCUT2D eigenvalue weighted by Gasteiger charge is 2.54. The molecule has 1 unspecified atom stereocenters. The van der Waals surface area contributed by atoms with Gasteiger partial charge in [-0.1, -0.05) is 42.1 Å². The molecule has 1 aromatic heterocycles. The lowest BCUT2D eigenvalue weighted by Crippen LogP contribution is -2.71. The number of carbonyl (C=O) groups is 5. The summed E-state index contributed by atoms with van der Waals surface area (Å²) in [6, 6.07) is 6.24. The number of nitrogens with one attached hydrogen (secondary N) is 3. The van der Waals surface area contributed by atoms with Crippen LogP contribution in [0.1, 0.15) is 42.9 Å². The molecule has 3 atom stereocenters. The van der Waals surface area contributed by atoms with Crippen molar-refractivity contribution in [1.29, 1.82) is 0 Å². The third-order valence-electron chi connectivity index (χ3n) is 5.71. The van der Waals surface area contributed by atoms with Crippen LogP contribution < -0.4 is 10.6 Å². The van der Waals surface area contributed by atoms with E-state index in [-0.39, 0.29) is 27.9 Å². The number of aromatic amines is 1. The van der Waals surface area contributed by atoms with Crippen LogP contribution in [0, 0.1) is 0 Å². The Morgan fingerprint density at radius 2 is 1.88 bits per heavy atom. The van der Waals surface area contributed by atoms with E-state index in [1.807, 2.05) is 0 Å². The summed E-state index contributed by atoms with van der Waals surface area (Å²) in [7, 11) is 0. The molecule has 0 saturated carbocycles. The van der Waals surface area contributed by atoms with Crippen molar-refractivity contribution in [2.24, 2.45) is 0 Å². The number of hydrogen-bond acceptors (Lipinski definition) is 10. The number of aromatic nitrogens is 3. The van der Waals surface area contributed by atoms with Crippen molar-refractivity contribution >= 4 is 53.4 Å². The van der Waals surface area contributed by atoms with Crippen molar-refractivity contribution < 1.29 is 38.9 Å². The predicted octanol–water partition coefficient (Wildman–Crippen LogP) is 1.60. The summed E-state index contributed by atoms with van der Waals surface area (Å²) >= 11 is 2.24. The van der Waals surface area contributed by atoms with Gasteiger partial charge >= 0.3 is 18.0 Å². The topological polar surface area (TPSA) is 204 Å². The Morgan fingerprint density at radius 1 is 1.18 bits per heavy atom. The van der Waals surface area contributed by atoms with Crippen LogP contribution >= 0.6 is 23.5 Å². The van der Waals surface area contributed by atoms with E-state index in [0.717, 1.165) is 16.7 Å². The number of β-lactam (4-membered cyclic amide) rings is 1. The summed E-state index contributed by atoms with van der Waals surface area (Å²) in [6.07, 6.45) is -0.818. The minimum Gasteiger partial charge on any atom is -0.477 e. The van der Waals surface area contributed by atoms with Crippen molar-refractivity contribution in [2.75, 3.05) is 11.5 Å². The highest BCUT2D eigenvalue weighted by atomic mass is 32.2. The number of H-pyrrole nitrogens is 1. The van der Waals surface area contributed by atoms with Crippen LogP contribution in [0.2, 0.25) is 0 Å². The maximum Gasteiger partial charge on any atom is 0.408 e. The number of thioether (sulfide) groups is 2. The first-order chi connectivity index (χ1) is 18.9. The molecule has 0 radical (unpaired) electrons. The van der Waals surface area contributed by atoms with E-state index in [4.69, 9.17) is 4.74 Å². The van der Waals surface area contributed by atoms with Crippen molar-refractivity contribution in [2.45, 2.75) is 48.9 Å². The van der Waals surface area contributed by atoms with E-state index in [2.05, 4.69) is 26.0 Å². The first-order valence-electron chi connectivity index (χ1n) is 11.9. The van der Waals surface area contributed by atoms with Crippen LogP contribution in [0.25, 0.3) is 0 Å². The van der Waals surface area contributed by atoms with Crippen LogP contribution in [0.3, 0.4) is 0 Å². The number of nitrogens with zero attached hydrogens (tertiary/aromatic N) is 3. The first-order valence-corrected chi connectivity index (χ1v) is 13.9. The quantitative estimate of drug-likeness (QED) is 0.209. The average molecular weight is 591 g/mol.